The fourth-order valence-electron chi connectivity index (χ4n) is 6.08. The standard InChI is InChI=1S/C34H33FN8O5/c1-41-27-16-19(5-11-25(27)42(34(41)48)26-12-14-30(44)39-32(26)46)4-2-3-15-36-31(45)21-8-6-20(7-9-21)23-10-13-29-37-18-28(43(29)40-23)33(47)38-24-17-22(24)35/h5-11,13,16,18,22,24,26H,2-4,12,14-15,17H2,1H3,(H,36,45)(H,38,47)(H,39,44,46)/t22-,24+,26?/m0/s1. The van der Waals surface area contributed by atoms with Crippen molar-refractivity contribution in [1.82, 2.24) is 39.7 Å². The highest BCUT2D eigenvalue weighted by Gasteiger charge is 2.39. The first-order chi connectivity index (χ1) is 23.2. The van der Waals surface area contributed by atoms with Crippen LogP contribution in [0.3, 0.4) is 0 Å². The molecule has 0 bridgehead atoms. The van der Waals surface area contributed by atoms with Crippen molar-refractivity contribution in [3.05, 3.63) is 88.1 Å². The lowest BCUT2D eigenvalue weighted by Gasteiger charge is -2.21. The molecule has 4 heterocycles. The maximum Gasteiger partial charge on any atom is 0.329 e. The number of fused-ring (bicyclic) bond motifs is 2. The number of nitrogens with one attached hydrogen (secondary N) is 3. The van der Waals surface area contributed by atoms with Gasteiger partial charge in [-0.25, -0.2) is 18.7 Å². The van der Waals surface area contributed by atoms with E-state index in [0.29, 0.717) is 35.4 Å². The topological polar surface area (TPSA) is 161 Å². The summed E-state index contributed by atoms with van der Waals surface area (Å²) in [5, 5.41) is 12.5. The lowest BCUT2D eigenvalue weighted by atomic mass is 10.0. The first kappa shape index (κ1) is 31.0. The van der Waals surface area contributed by atoms with Crippen LogP contribution in [-0.2, 0) is 23.1 Å². The van der Waals surface area contributed by atoms with Gasteiger partial charge in [-0.3, -0.25) is 33.6 Å². The average Bonchev–Trinajstić information content (AvgIpc) is 3.50. The number of piperidine rings is 1. The maximum atomic E-state index is 13.3. The SMILES string of the molecule is Cn1c(=O)n(C2CCC(=O)NC2=O)c2ccc(CCCCNC(=O)c3ccc(-c4ccc5ncc(C(=O)N[C@@H]6C[C@@H]6F)n5n4)cc3)cc21. The molecule has 4 amide bonds. The number of halogens is 1. The van der Waals surface area contributed by atoms with Gasteiger partial charge in [-0.2, -0.15) is 5.10 Å². The highest BCUT2D eigenvalue weighted by Crippen LogP contribution is 2.26. The highest BCUT2D eigenvalue weighted by atomic mass is 19.1. The minimum atomic E-state index is -1.01. The van der Waals surface area contributed by atoms with Gasteiger partial charge in [0.05, 0.1) is 29.0 Å². The van der Waals surface area contributed by atoms with Crippen molar-refractivity contribution in [3.8, 4) is 11.3 Å². The molecule has 0 spiro atoms. The van der Waals surface area contributed by atoms with E-state index in [1.165, 1.54) is 19.8 Å². The van der Waals surface area contributed by atoms with E-state index in [1.54, 1.807) is 43.4 Å². The fraction of sp³-hybridized carbons (Fsp3) is 0.324. The minimum Gasteiger partial charge on any atom is -0.352 e. The van der Waals surface area contributed by atoms with Crippen molar-refractivity contribution < 1.29 is 23.6 Å². The Labute approximate surface area is 273 Å². The fourth-order valence-corrected chi connectivity index (χ4v) is 6.08. The zero-order chi connectivity index (χ0) is 33.5. The number of benzene rings is 2. The highest BCUT2D eigenvalue weighted by molar-refractivity contribution is 6.00. The van der Waals surface area contributed by atoms with Gasteiger partial charge in [0.15, 0.2) is 5.65 Å². The van der Waals surface area contributed by atoms with E-state index in [4.69, 9.17) is 0 Å². The van der Waals surface area contributed by atoms with Crippen LogP contribution in [0, 0.1) is 0 Å². The summed E-state index contributed by atoms with van der Waals surface area (Å²) in [6.45, 7) is 0.487. The molecule has 2 fully saturated rings. The molecule has 13 nitrogen and oxygen atoms in total. The Kier molecular flexibility index (Phi) is 8.07. The number of carbonyl (C=O) groups excluding carboxylic acids is 4. The molecule has 3 aromatic heterocycles. The molecule has 1 saturated carbocycles. The maximum absolute atomic E-state index is 13.3. The Morgan fingerprint density at radius 3 is 2.54 bits per heavy atom. The van der Waals surface area contributed by atoms with E-state index in [-0.39, 0.29) is 36.0 Å². The number of rotatable bonds is 10. The van der Waals surface area contributed by atoms with Gasteiger partial charge in [0.2, 0.25) is 11.8 Å². The lowest BCUT2D eigenvalue weighted by Crippen LogP contribution is -2.44. The third-order valence-corrected chi connectivity index (χ3v) is 8.92. The van der Waals surface area contributed by atoms with E-state index >= 15 is 0 Å². The second-order valence-corrected chi connectivity index (χ2v) is 12.3. The third kappa shape index (κ3) is 5.96. The first-order valence-corrected chi connectivity index (χ1v) is 15.9. The zero-order valence-electron chi connectivity index (χ0n) is 26.1. The second kappa shape index (κ2) is 12.5. The van der Waals surface area contributed by atoms with Gasteiger partial charge in [-0.05, 0) is 67.6 Å². The van der Waals surface area contributed by atoms with Crippen molar-refractivity contribution in [2.45, 2.75) is 56.8 Å². The number of amides is 4. The molecule has 3 N–H and O–H groups in total. The number of unbranched alkanes of at least 4 members (excludes halogenated alkanes) is 1. The van der Waals surface area contributed by atoms with Crippen molar-refractivity contribution in [3.63, 3.8) is 0 Å². The van der Waals surface area contributed by atoms with E-state index in [1.807, 2.05) is 18.2 Å². The Morgan fingerprint density at radius 1 is 1.00 bits per heavy atom. The number of imidazole rings is 2. The summed E-state index contributed by atoms with van der Waals surface area (Å²) in [5.74, 6) is -1.42. The number of aromatic nitrogens is 5. The number of carbonyl (C=O) groups is 4. The third-order valence-electron chi connectivity index (χ3n) is 8.92. The van der Waals surface area contributed by atoms with E-state index in [0.717, 1.165) is 35.9 Å². The second-order valence-electron chi connectivity index (χ2n) is 12.3. The predicted molar refractivity (Wildman–Crippen MR) is 173 cm³/mol. The number of aryl methyl sites for hydroxylation is 2. The quantitative estimate of drug-likeness (QED) is 0.154. The molecule has 3 atom stereocenters. The molecule has 246 valence electrons. The van der Waals surface area contributed by atoms with Crippen molar-refractivity contribution in [1.29, 1.82) is 0 Å². The van der Waals surface area contributed by atoms with Crippen molar-refractivity contribution >= 4 is 40.3 Å². The Morgan fingerprint density at radius 2 is 1.79 bits per heavy atom. The molecular weight excluding hydrogens is 619 g/mol. The Hall–Kier alpha value is -5.66. The molecule has 0 radical (unpaired) electrons. The van der Waals surface area contributed by atoms with Gasteiger partial charge in [-0.1, -0.05) is 18.2 Å². The number of nitrogens with zero attached hydrogens (tertiary/aromatic N) is 5. The van der Waals surface area contributed by atoms with Gasteiger partial charge in [0.25, 0.3) is 11.8 Å². The van der Waals surface area contributed by atoms with Gasteiger partial charge in [-0.15, -0.1) is 0 Å². The smallest absolute Gasteiger partial charge is 0.329 e. The van der Waals surface area contributed by atoms with Crippen molar-refractivity contribution in [2.75, 3.05) is 6.54 Å². The molecule has 1 saturated heterocycles. The molecule has 2 aromatic carbocycles. The van der Waals surface area contributed by atoms with Gasteiger partial charge in [0, 0.05) is 37.6 Å². The van der Waals surface area contributed by atoms with Crippen LogP contribution in [0.15, 0.2) is 65.6 Å². The van der Waals surface area contributed by atoms with Crippen LogP contribution >= 0.6 is 0 Å². The normalized spacial score (nSPS) is 19.0. The minimum absolute atomic E-state index is 0.189. The monoisotopic (exact) mass is 652 g/mol. The van der Waals surface area contributed by atoms with Crippen molar-refractivity contribution in [2.24, 2.45) is 7.05 Å². The zero-order valence-corrected chi connectivity index (χ0v) is 26.1. The van der Waals surface area contributed by atoms with E-state index in [2.05, 4.69) is 26.0 Å². The van der Waals surface area contributed by atoms with Crippen LogP contribution in [0.1, 0.15) is 64.6 Å². The van der Waals surface area contributed by atoms with E-state index < -0.39 is 30.1 Å². The lowest BCUT2D eigenvalue weighted by molar-refractivity contribution is -0.135. The average molecular weight is 653 g/mol. The molecule has 48 heavy (non-hydrogen) atoms. The van der Waals surface area contributed by atoms with E-state index in [9.17, 15) is 28.4 Å². The molecule has 1 aliphatic heterocycles. The summed E-state index contributed by atoms with van der Waals surface area (Å²) >= 11 is 0. The number of hydrogen-bond donors (Lipinski definition) is 3. The Bertz CT molecular complexity index is 2150. The largest absolute Gasteiger partial charge is 0.352 e. The van der Waals surface area contributed by atoms with Gasteiger partial charge < -0.3 is 10.6 Å². The first-order valence-electron chi connectivity index (χ1n) is 15.9. The molecular formula is C34H33FN8O5. The van der Waals surface area contributed by atoms with Crippen LogP contribution in [0.2, 0.25) is 0 Å². The number of imide groups is 1. The molecule has 2 aliphatic rings. The van der Waals surface area contributed by atoms with Crippen LogP contribution < -0.4 is 21.6 Å². The van der Waals surface area contributed by atoms with Gasteiger partial charge >= 0.3 is 5.69 Å². The molecule has 14 heteroatoms. The van der Waals surface area contributed by atoms with Crippen LogP contribution in [0.4, 0.5) is 4.39 Å². The molecule has 7 rings (SSSR count). The summed E-state index contributed by atoms with van der Waals surface area (Å²) in [4.78, 5) is 66.6. The summed E-state index contributed by atoms with van der Waals surface area (Å²) in [7, 11) is 1.67. The molecule has 1 unspecified atom stereocenters. The van der Waals surface area contributed by atoms with Crippen LogP contribution in [0.25, 0.3) is 27.9 Å². The summed E-state index contributed by atoms with van der Waals surface area (Å²) in [6, 6.07) is 15.1. The predicted octanol–water partition coefficient (Wildman–Crippen LogP) is 2.62. The van der Waals surface area contributed by atoms with Crippen LogP contribution in [-0.4, -0.2) is 66.1 Å². The summed E-state index contributed by atoms with van der Waals surface area (Å²) < 4.78 is 17.7. The number of hydrogen-bond acceptors (Lipinski definition) is 7. The number of alkyl halides is 1. The summed E-state index contributed by atoms with van der Waals surface area (Å²) in [5.41, 5.74) is 4.64. The van der Waals surface area contributed by atoms with Crippen LogP contribution in [0.5, 0.6) is 0 Å². The van der Waals surface area contributed by atoms with Gasteiger partial charge in [0.1, 0.15) is 17.9 Å². The molecule has 1 aliphatic carbocycles. The molecule has 5 aromatic rings. The summed E-state index contributed by atoms with van der Waals surface area (Å²) in [6.07, 6.45) is 3.49. The Balaban J connectivity index is 0.926.